The number of hydrogen-bond donors (Lipinski definition) is 0. The summed E-state index contributed by atoms with van der Waals surface area (Å²) >= 11 is 0. The molecule has 3 rings (SSSR count). The predicted molar refractivity (Wildman–Crippen MR) is 92.7 cm³/mol. The monoisotopic (exact) mass is 362 g/mol. The molecule has 1 aliphatic rings. The number of hydrogen-bond acceptors (Lipinski definition) is 2. The summed E-state index contributed by atoms with van der Waals surface area (Å²) < 4.78 is 44.6. The molecule has 0 saturated heterocycles. The third kappa shape index (κ3) is 4.09. The van der Waals surface area contributed by atoms with Crippen LogP contribution in [0.25, 0.3) is 0 Å². The van der Waals surface area contributed by atoms with Crippen LogP contribution in [-0.4, -0.2) is 5.97 Å². The van der Waals surface area contributed by atoms with Gasteiger partial charge in [-0.3, -0.25) is 0 Å². The number of halogens is 3. The minimum Gasteiger partial charge on any atom is -0.423 e. The minimum absolute atomic E-state index is 0.283. The number of esters is 1. The van der Waals surface area contributed by atoms with Gasteiger partial charge in [0.1, 0.15) is 5.75 Å². The van der Waals surface area contributed by atoms with Crippen molar-refractivity contribution in [3.05, 3.63) is 65.0 Å². The lowest BCUT2D eigenvalue weighted by Gasteiger charge is -2.28. The summed E-state index contributed by atoms with van der Waals surface area (Å²) in [6.07, 6.45) is 6.02. The first-order valence-corrected chi connectivity index (χ1v) is 8.94. The summed E-state index contributed by atoms with van der Waals surface area (Å²) in [6.45, 7) is 2.23. The number of ether oxygens (including phenoxy) is 1. The Morgan fingerprint density at radius 3 is 2.12 bits per heavy atom. The molecule has 1 saturated carbocycles. The molecular weight excluding hydrogens is 341 g/mol. The lowest BCUT2D eigenvalue weighted by Crippen LogP contribution is -2.13. The van der Waals surface area contributed by atoms with Gasteiger partial charge in [0, 0.05) is 0 Å². The van der Waals surface area contributed by atoms with Gasteiger partial charge in [-0.15, -0.1) is 0 Å². The van der Waals surface area contributed by atoms with E-state index in [4.69, 9.17) is 4.74 Å². The van der Waals surface area contributed by atoms with Gasteiger partial charge in [0.25, 0.3) is 0 Å². The van der Waals surface area contributed by atoms with Crippen LogP contribution >= 0.6 is 0 Å². The summed E-state index contributed by atoms with van der Waals surface area (Å²) in [5.74, 6) is -3.76. The van der Waals surface area contributed by atoms with Crippen LogP contribution in [0.4, 0.5) is 13.2 Å². The summed E-state index contributed by atoms with van der Waals surface area (Å²) in [5.41, 5.74) is 0.835. The van der Waals surface area contributed by atoms with Crippen LogP contribution in [0.2, 0.25) is 0 Å². The quantitative estimate of drug-likeness (QED) is 0.378. The lowest BCUT2D eigenvalue weighted by atomic mass is 9.78. The predicted octanol–water partition coefficient (Wildman–Crippen LogP) is 6.01. The van der Waals surface area contributed by atoms with Gasteiger partial charge in [-0.2, -0.15) is 0 Å². The Bertz CT molecular complexity index is 755. The first kappa shape index (κ1) is 18.5. The highest BCUT2D eigenvalue weighted by molar-refractivity contribution is 5.91. The van der Waals surface area contributed by atoms with Gasteiger partial charge in [-0.05, 0) is 67.3 Å². The molecule has 2 nitrogen and oxygen atoms in total. The zero-order valence-corrected chi connectivity index (χ0v) is 14.6. The molecule has 2 aromatic rings. The van der Waals surface area contributed by atoms with Crippen molar-refractivity contribution in [2.24, 2.45) is 5.92 Å². The second-order valence-corrected chi connectivity index (χ2v) is 6.84. The van der Waals surface area contributed by atoms with Gasteiger partial charge in [-0.25, -0.2) is 18.0 Å². The van der Waals surface area contributed by atoms with E-state index in [9.17, 15) is 18.0 Å². The fraction of sp³-hybridized carbons (Fsp3) is 0.381. The van der Waals surface area contributed by atoms with Gasteiger partial charge in [0.2, 0.25) is 0 Å². The Morgan fingerprint density at radius 1 is 1.00 bits per heavy atom. The Hall–Kier alpha value is -2.30. The molecule has 0 bridgehead atoms. The van der Waals surface area contributed by atoms with Crippen molar-refractivity contribution in [3.8, 4) is 5.75 Å². The van der Waals surface area contributed by atoms with Crippen molar-refractivity contribution in [1.29, 1.82) is 0 Å². The molecule has 0 amide bonds. The van der Waals surface area contributed by atoms with Gasteiger partial charge < -0.3 is 4.74 Å². The standard InChI is InChI=1S/C21H21F3O2/c1-2-13-3-5-14(6-4-13)15-7-9-17(10-8-15)26-21(25)16-11-18(22)20(24)19(23)12-16/h7-14H,2-6H2,1H3. The van der Waals surface area contributed by atoms with Crippen molar-refractivity contribution in [1.82, 2.24) is 0 Å². The Morgan fingerprint density at radius 2 is 1.58 bits per heavy atom. The molecule has 0 atom stereocenters. The Kier molecular flexibility index (Phi) is 5.64. The van der Waals surface area contributed by atoms with Crippen molar-refractivity contribution in [2.45, 2.75) is 44.9 Å². The Balaban J connectivity index is 1.65. The SMILES string of the molecule is CCC1CCC(c2ccc(OC(=O)c3cc(F)c(F)c(F)c3)cc2)CC1. The van der Waals surface area contributed by atoms with E-state index in [1.54, 1.807) is 12.1 Å². The number of carbonyl (C=O) groups excluding carboxylic acids is 1. The number of carbonyl (C=O) groups is 1. The average molecular weight is 362 g/mol. The largest absolute Gasteiger partial charge is 0.423 e. The van der Waals surface area contributed by atoms with E-state index < -0.39 is 23.4 Å². The van der Waals surface area contributed by atoms with E-state index >= 15 is 0 Å². The van der Waals surface area contributed by atoms with Crippen LogP contribution in [0.5, 0.6) is 5.75 Å². The van der Waals surface area contributed by atoms with Gasteiger partial charge in [0.15, 0.2) is 17.5 Å². The minimum atomic E-state index is -1.61. The number of benzene rings is 2. The maximum atomic E-state index is 13.2. The fourth-order valence-electron chi connectivity index (χ4n) is 3.55. The van der Waals surface area contributed by atoms with Crippen molar-refractivity contribution >= 4 is 5.97 Å². The van der Waals surface area contributed by atoms with Crippen LogP contribution in [0.3, 0.4) is 0 Å². The topological polar surface area (TPSA) is 26.3 Å². The molecule has 2 aromatic carbocycles. The fourth-order valence-corrected chi connectivity index (χ4v) is 3.55. The molecule has 0 radical (unpaired) electrons. The maximum Gasteiger partial charge on any atom is 0.343 e. The van der Waals surface area contributed by atoms with E-state index in [0.717, 1.165) is 18.8 Å². The van der Waals surface area contributed by atoms with Crippen molar-refractivity contribution in [2.75, 3.05) is 0 Å². The molecule has 0 N–H and O–H groups in total. The molecule has 138 valence electrons. The molecule has 0 aliphatic heterocycles. The highest BCUT2D eigenvalue weighted by Gasteiger charge is 2.21. The average Bonchev–Trinajstić information content (AvgIpc) is 2.66. The third-order valence-corrected chi connectivity index (χ3v) is 5.21. The molecule has 1 fully saturated rings. The maximum absolute atomic E-state index is 13.2. The van der Waals surface area contributed by atoms with Crippen LogP contribution < -0.4 is 4.74 Å². The summed E-state index contributed by atoms with van der Waals surface area (Å²) in [6, 6.07) is 8.45. The summed E-state index contributed by atoms with van der Waals surface area (Å²) in [7, 11) is 0. The molecule has 1 aliphatic carbocycles. The number of rotatable bonds is 4. The molecule has 5 heteroatoms. The molecule has 0 aromatic heterocycles. The molecule has 0 unspecified atom stereocenters. The van der Waals surface area contributed by atoms with Crippen LogP contribution in [0.15, 0.2) is 36.4 Å². The summed E-state index contributed by atoms with van der Waals surface area (Å²) in [5, 5.41) is 0. The van der Waals surface area contributed by atoms with Gasteiger partial charge in [-0.1, -0.05) is 25.5 Å². The smallest absolute Gasteiger partial charge is 0.343 e. The van der Waals surface area contributed by atoms with E-state index in [0.29, 0.717) is 18.1 Å². The van der Waals surface area contributed by atoms with Crippen molar-refractivity contribution in [3.63, 3.8) is 0 Å². The van der Waals surface area contributed by atoms with E-state index in [2.05, 4.69) is 6.92 Å². The molecule has 0 spiro atoms. The second-order valence-electron chi connectivity index (χ2n) is 6.84. The van der Waals surface area contributed by atoms with Crippen molar-refractivity contribution < 1.29 is 22.7 Å². The van der Waals surface area contributed by atoms with Crippen LogP contribution in [0.1, 0.15) is 60.9 Å². The van der Waals surface area contributed by atoms with Crippen LogP contribution in [-0.2, 0) is 0 Å². The highest BCUT2D eigenvalue weighted by Crippen LogP contribution is 2.37. The zero-order valence-electron chi connectivity index (χ0n) is 14.6. The first-order chi connectivity index (χ1) is 12.5. The molecule has 26 heavy (non-hydrogen) atoms. The Labute approximate surface area is 151 Å². The van der Waals surface area contributed by atoms with E-state index in [1.807, 2.05) is 12.1 Å². The first-order valence-electron chi connectivity index (χ1n) is 8.94. The highest BCUT2D eigenvalue weighted by atomic mass is 19.2. The molecular formula is C21H21F3O2. The van der Waals surface area contributed by atoms with Gasteiger partial charge >= 0.3 is 5.97 Å². The zero-order chi connectivity index (χ0) is 18.7. The normalized spacial score (nSPS) is 20.0. The second kappa shape index (κ2) is 7.94. The van der Waals surface area contributed by atoms with E-state index in [-0.39, 0.29) is 11.3 Å². The lowest BCUT2D eigenvalue weighted by molar-refractivity contribution is 0.0733. The summed E-state index contributed by atoms with van der Waals surface area (Å²) in [4.78, 5) is 12.0. The van der Waals surface area contributed by atoms with Gasteiger partial charge in [0.05, 0.1) is 5.56 Å². The van der Waals surface area contributed by atoms with E-state index in [1.165, 1.54) is 24.8 Å². The van der Waals surface area contributed by atoms with Crippen LogP contribution in [0, 0.1) is 23.4 Å². The third-order valence-electron chi connectivity index (χ3n) is 5.21. The molecule has 0 heterocycles.